The van der Waals surface area contributed by atoms with E-state index in [1.54, 1.807) is 23.9 Å². The predicted octanol–water partition coefficient (Wildman–Crippen LogP) is 0.812. The number of amides is 3. The molecule has 20 heavy (non-hydrogen) atoms. The van der Waals surface area contributed by atoms with Crippen molar-refractivity contribution in [2.24, 2.45) is 5.73 Å². The summed E-state index contributed by atoms with van der Waals surface area (Å²) in [6.07, 6.45) is 1.93. The standard InChI is InChI=1S/C12H15N3O4S/c1-20-9-4-2-8(3-5-9)14-12(19)15(6-10(13)16)7-11(17)18/h2-5H,6-7H2,1H3,(H2,13,16)(H,14,19)(H,17,18). The normalized spacial score (nSPS) is 9.85. The molecule has 3 amide bonds. The van der Waals surface area contributed by atoms with E-state index in [4.69, 9.17) is 10.8 Å². The van der Waals surface area contributed by atoms with Crippen molar-refractivity contribution in [1.82, 2.24) is 4.90 Å². The summed E-state index contributed by atoms with van der Waals surface area (Å²) in [7, 11) is 0. The molecular weight excluding hydrogens is 282 g/mol. The van der Waals surface area contributed by atoms with Crippen LogP contribution in [0.25, 0.3) is 0 Å². The molecule has 0 aromatic heterocycles. The summed E-state index contributed by atoms with van der Waals surface area (Å²) in [6.45, 7) is -1.06. The monoisotopic (exact) mass is 297 g/mol. The van der Waals surface area contributed by atoms with Gasteiger partial charge in [0.25, 0.3) is 0 Å². The molecule has 0 saturated carbocycles. The zero-order valence-electron chi connectivity index (χ0n) is 10.8. The number of hydrogen-bond donors (Lipinski definition) is 3. The van der Waals surface area contributed by atoms with Crippen molar-refractivity contribution in [2.75, 3.05) is 24.7 Å². The number of hydrogen-bond acceptors (Lipinski definition) is 4. The first-order chi connectivity index (χ1) is 9.42. The van der Waals surface area contributed by atoms with Gasteiger partial charge in [-0.1, -0.05) is 0 Å². The maximum atomic E-state index is 11.9. The lowest BCUT2D eigenvalue weighted by atomic mass is 10.3. The minimum atomic E-state index is -1.22. The number of nitrogens with zero attached hydrogens (tertiary/aromatic N) is 1. The molecule has 0 fully saturated rings. The number of carbonyl (C=O) groups is 3. The molecular formula is C12H15N3O4S. The Morgan fingerprint density at radius 1 is 1.25 bits per heavy atom. The molecule has 0 aliphatic carbocycles. The number of benzene rings is 1. The van der Waals surface area contributed by atoms with E-state index in [1.165, 1.54) is 0 Å². The number of nitrogens with two attached hydrogens (primary N) is 1. The summed E-state index contributed by atoms with van der Waals surface area (Å²) in [5, 5.41) is 11.2. The van der Waals surface area contributed by atoms with Crippen molar-refractivity contribution < 1.29 is 19.5 Å². The third-order valence-electron chi connectivity index (χ3n) is 2.30. The molecule has 0 spiro atoms. The van der Waals surface area contributed by atoms with Gasteiger partial charge in [0.05, 0.1) is 0 Å². The van der Waals surface area contributed by atoms with Crippen LogP contribution in [0.2, 0.25) is 0 Å². The van der Waals surface area contributed by atoms with Gasteiger partial charge >= 0.3 is 12.0 Å². The summed E-state index contributed by atoms with van der Waals surface area (Å²) in [5.74, 6) is -2.00. The van der Waals surface area contributed by atoms with Crippen LogP contribution < -0.4 is 11.1 Å². The summed E-state index contributed by atoms with van der Waals surface area (Å²) >= 11 is 1.56. The Balaban J connectivity index is 2.73. The first-order valence-corrected chi connectivity index (χ1v) is 6.85. The van der Waals surface area contributed by atoms with Gasteiger partial charge in [-0.3, -0.25) is 9.59 Å². The van der Waals surface area contributed by atoms with Crippen molar-refractivity contribution in [3.05, 3.63) is 24.3 Å². The number of urea groups is 1. The molecule has 0 aliphatic heterocycles. The SMILES string of the molecule is CSc1ccc(NC(=O)N(CC(N)=O)CC(=O)O)cc1. The number of primary amides is 1. The average molecular weight is 297 g/mol. The average Bonchev–Trinajstić information content (AvgIpc) is 2.37. The molecule has 1 aromatic rings. The summed E-state index contributed by atoms with van der Waals surface area (Å²) < 4.78 is 0. The molecule has 8 heteroatoms. The number of carboxylic acids is 1. The molecule has 0 aliphatic rings. The minimum absolute atomic E-state index is 0.457. The topological polar surface area (TPSA) is 113 Å². The highest BCUT2D eigenvalue weighted by molar-refractivity contribution is 7.98. The number of rotatable bonds is 6. The van der Waals surface area contributed by atoms with Crippen LogP contribution >= 0.6 is 11.8 Å². The number of thioether (sulfide) groups is 1. The molecule has 1 rings (SSSR count). The van der Waals surface area contributed by atoms with Crippen molar-refractivity contribution in [1.29, 1.82) is 0 Å². The molecule has 4 N–H and O–H groups in total. The van der Waals surface area contributed by atoms with Crippen LogP contribution in [0.15, 0.2) is 29.2 Å². The van der Waals surface area contributed by atoms with Crippen LogP contribution in [-0.4, -0.2) is 47.3 Å². The number of nitrogens with one attached hydrogen (secondary N) is 1. The largest absolute Gasteiger partial charge is 0.480 e. The fourth-order valence-electron chi connectivity index (χ4n) is 1.43. The lowest BCUT2D eigenvalue weighted by Crippen LogP contribution is -2.43. The third-order valence-corrected chi connectivity index (χ3v) is 3.04. The zero-order chi connectivity index (χ0) is 15.1. The van der Waals surface area contributed by atoms with Gasteiger partial charge in [0.1, 0.15) is 13.1 Å². The van der Waals surface area contributed by atoms with Gasteiger partial charge in [-0.15, -0.1) is 11.8 Å². The molecule has 108 valence electrons. The summed E-state index contributed by atoms with van der Waals surface area (Å²) in [5.41, 5.74) is 5.49. The van der Waals surface area contributed by atoms with Crippen LogP contribution in [0, 0.1) is 0 Å². The molecule has 0 heterocycles. The first kappa shape index (κ1) is 15.8. The second kappa shape index (κ2) is 7.39. The van der Waals surface area contributed by atoms with Gasteiger partial charge in [0.15, 0.2) is 0 Å². The quantitative estimate of drug-likeness (QED) is 0.673. The molecule has 0 saturated heterocycles. The van der Waals surface area contributed by atoms with Gasteiger partial charge in [0.2, 0.25) is 5.91 Å². The highest BCUT2D eigenvalue weighted by Gasteiger charge is 2.18. The maximum absolute atomic E-state index is 11.9. The molecule has 0 bridgehead atoms. The van der Waals surface area contributed by atoms with E-state index in [-0.39, 0.29) is 0 Å². The Hall–Kier alpha value is -2.22. The van der Waals surface area contributed by atoms with E-state index in [0.29, 0.717) is 5.69 Å². The van der Waals surface area contributed by atoms with E-state index in [2.05, 4.69) is 5.32 Å². The highest BCUT2D eigenvalue weighted by atomic mass is 32.2. The number of carboxylic acid groups (broad SMARTS) is 1. The Kier molecular flexibility index (Phi) is 5.85. The lowest BCUT2D eigenvalue weighted by Gasteiger charge is -2.19. The Morgan fingerprint density at radius 3 is 2.30 bits per heavy atom. The number of carbonyl (C=O) groups excluding carboxylic acids is 2. The zero-order valence-corrected chi connectivity index (χ0v) is 11.6. The van der Waals surface area contributed by atoms with Crippen LogP contribution in [0.4, 0.5) is 10.5 Å². The van der Waals surface area contributed by atoms with Crippen LogP contribution in [0.1, 0.15) is 0 Å². The van der Waals surface area contributed by atoms with Crippen molar-refractivity contribution in [2.45, 2.75) is 4.90 Å². The molecule has 1 aromatic carbocycles. The van der Waals surface area contributed by atoms with Gasteiger partial charge in [-0.25, -0.2) is 4.79 Å². The summed E-state index contributed by atoms with van der Waals surface area (Å²) in [4.78, 5) is 35.2. The van der Waals surface area contributed by atoms with Gasteiger partial charge in [-0.05, 0) is 30.5 Å². The smallest absolute Gasteiger partial charge is 0.323 e. The molecule has 0 unspecified atom stereocenters. The van der Waals surface area contributed by atoms with E-state index >= 15 is 0 Å². The molecule has 0 atom stereocenters. The minimum Gasteiger partial charge on any atom is -0.480 e. The van der Waals surface area contributed by atoms with E-state index < -0.39 is 31.0 Å². The highest BCUT2D eigenvalue weighted by Crippen LogP contribution is 2.17. The van der Waals surface area contributed by atoms with Gasteiger partial charge in [0, 0.05) is 10.6 Å². The van der Waals surface area contributed by atoms with Gasteiger partial charge < -0.3 is 21.1 Å². The van der Waals surface area contributed by atoms with E-state index in [9.17, 15) is 14.4 Å². The Morgan fingerprint density at radius 2 is 1.85 bits per heavy atom. The van der Waals surface area contributed by atoms with E-state index in [1.807, 2.05) is 18.4 Å². The Labute approximate surface area is 120 Å². The van der Waals surface area contributed by atoms with Crippen LogP contribution in [0.5, 0.6) is 0 Å². The molecule has 0 radical (unpaired) electrons. The van der Waals surface area contributed by atoms with Crippen LogP contribution in [-0.2, 0) is 9.59 Å². The summed E-state index contributed by atoms with van der Waals surface area (Å²) in [6, 6.07) is 6.31. The maximum Gasteiger partial charge on any atom is 0.323 e. The number of anilines is 1. The molecule has 7 nitrogen and oxygen atoms in total. The first-order valence-electron chi connectivity index (χ1n) is 5.62. The van der Waals surface area contributed by atoms with Crippen molar-refractivity contribution >= 4 is 35.4 Å². The second-order valence-electron chi connectivity index (χ2n) is 3.87. The van der Waals surface area contributed by atoms with Crippen molar-refractivity contribution in [3.8, 4) is 0 Å². The van der Waals surface area contributed by atoms with E-state index in [0.717, 1.165) is 9.80 Å². The third kappa shape index (κ3) is 5.19. The predicted molar refractivity (Wildman–Crippen MR) is 75.6 cm³/mol. The second-order valence-corrected chi connectivity index (χ2v) is 4.75. The lowest BCUT2D eigenvalue weighted by molar-refractivity contribution is -0.137. The fraction of sp³-hybridized carbons (Fsp3) is 0.250. The number of aliphatic carboxylic acids is 1. The van der Waals surface area contributed by atoms with Crippen molar-refractivity contribution in [3.63, 3.8) is 0 Å². The fourth-order valence-corrected chi connectivity index (χ4v) is 1.84. The van der Waals surface area contributed by atoms with Gasteiger partial charge in [-0.2, -0.15) is 0 Å². The van der Waals surface area contributed by atoms with Crippen LogP contribution in [0.3, 0.4) is 0 Å². The Bertz CT molecular complexity index is 488.